The number of hydrogen-bond acceptors (Lipinski definition) is 1. The van der Waals surface area contributed by atoms with Gasteiger partial charge in [-0.1, -0.05) is 103 Å². The molecule has 0 bridgehead atoms. The van der Waals surface area contributed by atoms with Crippen molar-refractivity contribution in [3.63, 3.8) is 0 Å². The van der Waals surface area contributed by atoms with Gasteiger partial charge < -0.3 is 9.47 Å². The molecular weight excluding hydrogens is 605 g/mol. The molecule has 0 fully saturated rings. The van der Waals surface area contributed by atoms with Crippen LogP contribution in [-0.2, 0) is 12.8 Å². The maximum atomic E-state index is 2.53. The number of nitrogens with zero attached hydrogens (tertiary/aromatic N) is 2. The van der Waals surface area contributed by atoms with E-state index in [4.69, 9.17) is 0 Å². The van der Waals surface area contributed by atoms with Gasteiger partial charge in [0, 0.05) is 28.5 Å². The van der Waals surface area contributed by atoms with Gasteiger partial charge in [0.15, 0.2) is 0 Å². The first kappa shape index (κ1) is 27.8. The lowest BCUT2D eigenvalue weighted by atomic mass is 9.92. The van der Waals surface area contributed by atoms with Gasteiger partial charge in [0.1, 0.15) is 0 Å². The van der Waals surface area contributed by atoms with Crippen LogP contribution in [0.2, 0.25) is 0 Å². The normalized spacial score (nSPS) is 14.1. The molecule has 8 aromatic rings. The minimum absolute atomic E-state index is 0.983. The summed E-state index contributed by atoms with van der Waals surface area (Å²) in [5.41, 5.74) is 16.0. The molecule has 0 N–H and O–H groups in total. The van der Waals surface area contributed by atoms with Crippen LogP contribution >= 0.6 is 0 Å². The predicted molar refractivity (Wildman–Crippen MR) is 211 cm³/mol. The van der Waals surface area contributed by atoms with E-state index in [2.05, 4.69) is 167 Å². The van der Waals surface area contributed by atoms with Crippen LogP contribution in [0.15, 0.2) is 151 Å². The summed E-state index contributed by atoms with van der Waals surface area (Å²) in [7, 11) is 0. The van der Waals surface area contributed by atoms with Crippen LogP contribution in [-0.4, -0.2) is 4.57 Å². The van der Waals surface area contributed by atoms with Gasteiger partial charge in [0.05, 0.1) is 5.69 Å². The third-order valence-electron chi connectivity index (χ3n) is 11.2. The van der Waals surface area contributed by atoms with Crippen molar-refractivity contribution in [2.45, 2.75) is 25.7 Å². The van der Waals surface area contributed by atoms with Gasteiger partial charge in [0.2, 0.25) is 0 Å². The summed E-state index contributed by atoms with van der Waals surface area (Å²) in [6, 6.07) is 51.7. The van der Waals surface area contributed by atoms with Crippen molar-refractivity contribution in [1.82, 2.24) is 4.57 Å². The molecule has 0 spiro atoms. The van der Waals surface area contributed by atoms with Crippen LogP contribution < -0.4 is 4.90 Å². The maximum Gasteiger partial charge on any atom is 0.0514 e. The van der Waals surface area contributed by atoms with E-state index in [9.17, 15) is 0 Å². The summed E-state index contributed by atoms with van der Waals surface area (Å²) in [5, 5.41) is 7.85. The lowest BCUT2D eigenvalue weighted by Gasteiger charge is -2.31. The fraction of sp³-hybridized carbons (Fsp3) is 0.0833. The molecule has 0 saturated heterocycles. The van der Waals surface area contributed by atoms with E-state index in [0.29, 0.717) is 0 Å². The minimum Gasteiger partial charge on any atom is -0.314 e. The van der Waals surface area contributed by atoms with Crippen LogP contribution in [0.25, 0.3) is 72.4 Å². The number of rotatable bonds is 4. The van der Waals surface area contributed by atoms with Crippen LogP contribution in [0.5, 0.6) is 0 Å². The number of anilines is 2. The highest BCUT2D eigenvalue weighted by molar-refractivity contribution is 6.24. The van der Waals surface area contributed by atoms with E-state index in [-0.39, 0.29) is 0 Å². The minimum atomic E-state index is 0.983. The Labute approximate surface area is 291 Å². The quantitative estimate of drug-likeness (QED) is 0.174. The molecule has 50 heavy (non-hydrogen) atoms. The summed E-state index contributed by atoms with van der Waals surface area (Å²) >= 11 is 0. The number of para-hydroxylation sites is 1. The van der Waals surface area contributed by atoms with Crippen LogP contribution in [0.1, 0.15) is 35.4 Å². The molecule has 11 rings (SSSR count). The Kier molecular flexibility index (Phi) is 5.94. The van der Waals surface area contributed by atoms with Crippen molar-refractivity contribution < 1.29 is 0 Å². The molecule has 0 saturated carbocycles. The first-order chi connectivity index (χ1) is 24.8. The summed E-state index contributed by atoms with van der Waals surface area (Å²) in [6.45, 7) is 0. The van der Waals surface area contributed by atoms with Crippen molar-refractivity contribution in [2.24, 2.45) is 0 Å². The molecule has 0 unspecified atom stereocenters. The highest BCUT2D eigenvalue weighted by Crippen LogP contribution is 2.52. The molecule has 0 atom stereocenters. The van der Waals surface area contributed by atoms with Gasteiger partial charge in [-0.15, -0.1) is 0 Å². The molecule has 1 heterocycles. The van der Waals surface area contributed by atoms with Gasteiger partial charge in [-0.2, -0.15) is 0 Å². The Bertz CT molecular complexity index is 2760. The Morgan fingerprint density at radius 1 is 0.500 bits per heavy atom. The first-order valence-corrected chi connectivity index (χ1v) is 17.9. The molecule has 7 aromatic carbocycles. The van der Waals surface area contributed by atoms with Gasteiger partial charge in [-0.3, -0.25) is 0 Å². The zero-order valence-electron chi connectivity index (χ0n) is 27.7. The van der Waals surface area contributed by atoms with Gasteiger partial charge in [-0.25, -0.2) is 0 Å². The average Bonchev–Trinajstić information content (AvgIpc) is 3.69. The highest BCUT2D eigenvalue weighted by atomic mass is 15.2. The second kappa shape index (κ2) is 10.7. The zero-order valence-corrected chi connectivity index (χ0v) is 27.7. The molecule has 0 aliphatic heterocycles. The maximum absolute atomic E-state index is 2.53. The molecule has 0 radical (unpaired) electrons. The lowest BCUT2D eigenvalue weighted by Crippen LogP contribution is -2.19. The Morgan fingerprint density at radius 3 is 2.22 bits per heavy atom. The van der Waals surface area contributed by atoms with Crippen molar-refractivity contribution in [2.75, 3.05) is 4.90 Å². The number of hydrogen-bond donors (Lipinski definition) is 0. The monoisotopic (exact) mass is 638 g/mol. The fourth-order valence-electron chi connectivity index (χ4n) is 9.07. The van der Waals surface area contributed by atoms with E-state index >= 15 is 0 Å². The van der Waals surface area contributed by atoms with Crippen LogP contribution in [0, 0.1) is 0 Å². The second-order valence-electron chi connectivity index (χ2n) is 13.9. The molecule has 2 heteroatoms. The average molecular weight is 639 g/mol. The van der Waals surface area contributed by atoms with Crippen molar-refractivity contribution >= 4 is 55.8 Å². The molecule has 1 aromatic heterocycles. The van der Waals surface area contributed by atoms with Gasteiger partial charge in [0.25, 0.3) is 0 Å². The number of aromatic nitrogens is 1. The Hall–Kier alpha value is -6.12. The zero-order chi connectivity index (χ0) is 32.8. The molecule has 236 valence electrons. The Morgan fingerprint density at radius 2 is 1.30 bits per heavy atom. The molecular formula is C48H34N2. The van der Waals surface area contributed by atoms with Crippen LogP contribution in [0.4, 0.5) is 11.4 Å². The van der Waals surface area contributed by atoms with Gasteiger partial charge in [-0.05, 0) is 146 Å². The summed E-state index contributed by atoms with van der Waals surface area (Å²) in [5.74, 6) is 0. The van der Waals surface area contributed by atoms with E-state index in [1.54, 1.807) is 0 Å². The molecule has 0 amide bonds. The summed E-state index contributed by atoms with van der Waals surface area (Å²) in [6.07, 6.45) is 11.4. The van der Waals surface area contributed by atoms with E-state index in [0.717, 1.165) is 25.7 Å². The second-order valence-corrected chi connectivity index (χ2v) is 13.9. The lowest BCUT2D eigenvalue weighted by molar-refractivity contribution is 0.867. The number of allylic oxidation sites excluding steroid dienone is 2. The van der Waals surface area contributed by atoms with E-state index < -0.39 is 0 Å². The summed E-state index contributed by atoms with van der Waals surface area (Å²) < 4.78 is 2.53. The van der Waals surface area contributed by atoms with Crippen LogP contribution in [0.3, 0.4) is 0 Å². The molecule has 3 aliphatic rings. The third-order valence-corrected chi connectivity index (χ3v) is 11.2. The first-order valence-electron chi connectivity index (χ1n) is 17.9. The van der Waals surface area contributed by atoms with Gasteiger partial charge >= 0.3 is 0 Å². The van der Waals surface area contributed by atoms with Crippen molar-refractivity contribution in [3.05, 3.63) is 174 Å². The Balaban J connectivity index is 1.11. The number of fused-ring (bicyclic) bond motifs is 9. The SMILES string of the molecule is C1=Cc2c(c3c(n2-c2ccc4ccccc4c2)C=C(N(c2ccccc2)c2ccc4c(c2)-c2cccc5cc6ccccc6c-4c25)CC3)CC1. The van der Waals surface area contributed by atoms with Crippen molar-refractivity contribution in [3.8, 4) is 27.9 Å². The summed E-state index contributed by atoms with van der Waals surface area (Å²) in [4.78, 5) is 2.51. The van der Waals surface area contributed by atoms with Crippen molar-refractivity contribution in [1.29, 1.82) is 0 Å². The topological polar surface area (TPSA) is 8.17 Å². The number of benzene rings is 7. The largest absolute Gasteiger partial charge is 0.314 e. The van der Waals surface area contributed by atoms with E-state index in [1.165, 1.54) is 99.8 Å². The molecule has 3 aliphatic carbocycles. The predicted octanol–water partition coefficient (Wildman–Crippen LogP) is 12.7. The highest BCUT2D eigenvalue weighted by Gasteiger charge is 2.29. The standard InChI is InChI=1S/C48H34N2/c1-2-15-35(16-3-1)49(37-24-26-43-44(29-37)42-19-10-14-34-27-33-13-6-7-17-39(33)48(43)47(34)42)38-23-25-41-40-18-8-9-20-45(40)50(46(41)30-38)36-22-21-31-11-4-5-12-32(31)28-36/h1-7,9-17,19-22,24,26-30H,8,18,23,25H2. The smallest absolute Gasteiger partial charge is 0.0514 e. The van der Waals surface area contributed by atoms with E-state index in [1.807, 2.05) is 0 Å². The third kappa shape index (κ3) is 4.02. The fourth-order valence-corrected chi connectivity index (χ4v) is 9.07. The molecule has 2 nitrogen and oxygen atoms in total.